The smallest absolute Gasteiger partial charge is 0.549 e. The van der Waals surface area contributed by atoms with Gasteiger partial charge in [-0.2, -0.15) is 0 Å². The van der Waals surface area contributed by atoms with Gasteiger partial charge in [-0.05, 0) is 19.3 Å². The molecule has 88 valence electrons. The normalized spacial score (nSPS) is 11.9. The molecule has 1 atom stereocenters. The average molecular weight is 276 g/mol. The molecular weight excluding hydrogens is 258 g/mol. The maximum absolute atomic E-state index is 10.8. The SMILES string of the molecule is CCCCCC(C)C(C)(C(=O)[O-])C(=O)[O-].[K+].[Na+]. The first kappa shape index (κ1) is 23.7. The molecule has 0 aliphatic carbocycles. The molecule has 0 aliphatic rings. The van der Waals surface area contributed by atoms with Gasteiger partial charge in [-0.1, -0.05) is 33.1 Å². The number of carboxylic acids is 2. The van der Waals surface area contributed by atoms with E-state index in [4.69, 9.17) is 0 Å². The van der Waals surface area contributed by atoms with Crippen LogP contribution in [0.5, 0.6) is 0 Å². The fourth-order valence-corrected chi connectivity index (χ4v) is 1.47. The summed E-state index contributed by atoms with van der Waals surface area (Å²) in [7, 11) is 0. The van der Waals surface area contributed by atoms with E-state index in [0.717, 1.165) is 26.2 Å². The summed E-state index contributed by atoms with van der Waals surface area (Å²) >= 11 is 0. The second-order valence-corrected chi connectivity index (χ2v) is 4.17. The molecule has 0 aliphatic heterocycles. The Bertz CT molecular complexity index is 232. The van der Waals surface area contributed by atoms with Crippen LogP contribution in [0.25, 0.3) is 0 Å². The number of unbranched alkanes of at least 4 members (excludes halogenated alkanes) is 2. The van der Waals surface area contributed by atoms with Gasteiger partial charge in [0.15, 0.2) is 0 Å². The predicted octanol–water partition coefficient (Wildman–Crippen LogP) is -6.28. The van der Waals surface area contributed by atoms with Crippen molar-refractivity contribution >= 4 is 11.9 Å². The monoisotopic (exact) mass is 276 g/mol. The van der Waals surface area contributed by atoms with Crippen LogP contribution in [-0.4, -0.2) is 11.9 Å². The topological polar surface area (TPSA) is 80.3 Å². The van der Waals surface area contributed by atoms with Crippen LogP contribution in [0.1, 0.15) is 46.5 Å². The molecule has 0 aromatic carbocycles. The minimum atomic E-state index is -1.88. The number of hydrogen-bond donors (Lipinski definition) is 0. The summed E-state index contributed by atoms with van der Waals surface area (Å²) in [6.07, 6.45) is 3.38. The Labute approximate surface area is 168 Å². The predicted molar refractivity (Wildman–Crippen MR) is 51.4 cm³/mol. The van der Waals surface area contributed by atoms with Crippen molar-refractivity contribution in [2.24, 2.45) is 11.3 Å². The Morgan fingerprint density at radius 1 is 1.18 bits per heavy atom. The maximum atomic E-state index is 10.8. The summed E-state index contributed by atoms with van der Waals surface area (Å²) in [6.45, 7) is 4.80. The van der Waals surface area contributed by atoms with Gasteiger partial charge in [0.25, 0.3) is 0 Å². The van der Waals surface area contributed by atoms with Gasteiger partial charge in [-0.3, -0.25) is 0 Å². The molecule has 0 saturated heterocycles. The third-order valence-corrected chi connectivity index (χ3v) is 3.07. The fraction of sp³-hybridized carbons (Fsp3) is 0.818. The van der Waals surface area contributed by atoms with Crippen molar-refractivity contribution in [3.63, 3.8) is 0 Å². The summed E-state index contributed by atoms with van der Waals surface area (Å²) in [5.74, 6) is -3.60. The van der Waals surface area contributed by atoms with E-state index in [0.29, 0.717) is 6.42 Å². The Morgan fingerprint density at radius 3 is 1.88 bits per heavy atom. The molecule has 0 N–H and O–H groups in total. The Morgan fingerprint density at radius 2 is 1.59 bits per heavy atom. The Balaban J connectivity index is -0.000000980. The van der Waals surface area contributed by atoms with Gasteiger partial charge >= 0.3 is 80.9 Å². The fourth-order valence-electron chi connectivity index (χ4n) is 1.47. The molecule has 0 spiro atoms. The van der Waals surface area contributed by atoms with E-state index in [1.54, 1.807) is 6.92 Å². The van der Waals surface area contributed by atoms with E-state index in [2.05, 4.69) is 0 Å². The molecule has 0 rings (SSSR count). The molecule has 0 fully saturated rings. The number of carbonyl (C=O) groups is 2. The number of aliphatic carboxylic acids is 2. The molecule has 0 aromatic heterocycles. The van der Waals surface area contributed by atoms with Crippen LogP contribution >= 0.6 is 0 Å². The third kappa shape index (κ3) is 7.06. The molecule has 0 amide bonds. The standard InChI is InChI=1S/C11H20O4.K.Na/c1-4-5-6-7-8(2)11(3,9(12)13)10(14)15;;/h8H,4-7H2,1-3H3,(H,12,13)(H,14,15);;/q;2*+1/p-2. The van der Waals surface area contributed by atoms with Crippen LogP contribution in [-0.2, 0) is 9.59 Å². The van der Waals surface area contributed by atoms with Crippen molar-refractivity contribution < 1.29 is 101 Å². The van der Waals surface area contributed by atoms with Crippen LogP contribution in [0.3, 0.4) is 0 Å². The number of carbonyl (C=O) groups excluding carboxylic acids is 2. The van der Waals surface area contributed by atoms with E-state index in [1.165, 1.54) is 0 Å². The molecule has 0 saturated carbocycles. The average Bonchev–Trinajstić information content (AvgIpc) is 2.15. The van der Waals surface area contributed by atoms with Crippen LogP contribution in [0.15, 0.2) is 0 Å². The van der Waals surface area contributed by atoms with E-state index in [9.17, 15) is 19.8 Å². The number of rotatable bonds is 7. The number of carboxylic acid groups (broad SMARTS) is 2. The second-order valence-electron chi connectivity index (χ2n) is 4.17. The summed E-state index contributed by atoms with van der Waals surface area (Å²) in [5, 5.41) is 21.6. The molecular formula is C11H18KNaO4. The van der Waals surface area contributed by atoms with Gasteiger partial charge in [0.1, 0.15) is 0 Å². The zero-order chi connectivity index (χ0) is 12.1. The van der Waals surface area contributed by atoms with Gasteiger partial charge in [0.05, 0.1) is 11.9 Å². The largest absolute Gasteiger partial charge is 1.00 e. The summed E-state index contributed by atoms with van der Waals surface area (Å²) in [6, 6.07) is 0. The molecule has 4 nitrogen and oxygen atoms in total. The van der Waals surface area contributed by atoms with Crippen molar-refractivity contribution in [1.82, 2.24) is 0 Å². The maximum Gasteiger partial charge on any atom is 1.00 e. The summed E-state index contributed by atoms with van der Waals surface area (Å²) in [4.78, 5) is 21.6. The Kier molecular flexibility index (Phi) is 15.9. The van der Waals surface area contributed by atoms with E-state index in [-0.39, 0.29) is 80.9 Å². The third-order valence-electron chi connectivity index (χ3n) is 3.07. The van der Waals surface area contributed by atoms with E-state index >= 15 is 0 Å². The van der Waals surface area contributed by atoms with Gasteiger partial charge in [0.2, 0.25) is 0 Å². The van der Waals surface area contributed by atoms with Crippen LogP contribution in [0, 0.1) is 11.3 Å². The number of hydrogen-bond acceptors (Lipinski definition) is 4. The van der Waals surface area contributed by atoms with Crippen molar-refractivity contribution in [2.75, 3.05) is 0 Å². The van der Waals surface area contributed by atoms with Crippen molar-refractivity contribution in [3.05, 3.63) is 0 Å². The van der Waals surface area contributed by atoms with Crippen molar-refractivity contribution in [3.8, 4) is 0 Å². The second kappa shape index (κ2) is 11.4. The van der Waals surface area contributed by atoms with Gasteiger partial charge in [-0.15, -0.1) is 0 Å². The zero-order valence-corrected chi connectivity index (χ0v) is 16.7. The molecule has 0 heterocycles. The summed E-state index contributed by atoms with van der Waals surface area (Å²) < 4.78 is 0. The van der Waals surface area contributed by atoms with Gasteiger partial charge in [-0.25, -0.2) is 0 Å². The zero-order valence-electron chi connectivity index (χ0n) is 11.5. The first-order chi connectivity index (χ1) is 6.87. The Hall–Kier alpha value is 1.58. The minimum absolute atomic E-state index is 0. The van der Waals surface area contributed by atoms with E-state index < -0.39 is 23.3 Å². The first-order valence-electron chi connectivity index (χ1n) is 5.30. The van der Waals surface area contributed by atoms with Crippen molar-refractivity contribution in [2.45, 2.75) is 46.5 Å². The molecule has 1 unspecified atom stereocenters. The van der Waals surface area contributed by atoms with Crippen LogP contribution < -0.4 is 91.2 Å². The molecule has 6 heteroatoms. The minimum Gasteiger partial charge on any atom is -0.549 e. The van der Waals surface area contributed by atoms with Crippen LogP contribution in [0.2, 0.25) is 0 Å². The quantitative estimate of drug-likeness (QED) is 0.263. The molecule has 0 radical (unpaired) electrons. The van der Waals surface area contributed by atoms with Crippen molar-refractivity contribution in [1.29, 1.82) is 0 Å². The van der Waals surface area contributed by atoms with Crippen LogP contribution in [0.4, 0.5) is 0 Å². The van der Waals surface area contributed by atoms with Gasteiger partial charge < -0.3 is 19.8 Å². The molecule has 17 heavy (non-hydrogen) atoms. The first-order valence-corrected chi connectivity index (χ1v) is 5.30. The van der Waals surface area contributed by atoms with Gasteiger partial charge in [0, 0.05) is 5.41 Å². The molecule has 0 aromatic rings. The summed E-state index contributed by atoms with van der Waals surface area (Å²) in [5.41, 5.74) is -1.88. The van der Waals surface area contributed by atoms with E-state index in [1.807, 2.05) is 6.92 Å². The molecule has 0 bridgehead atoms.